The van der Waals surface area contributed by atoms with Gasteiger partial charge < -0.3 is 4.98 Å². The number of nitrogens with one attached hydrogen (secondary N) is 1. The van der Waals surface area contributed by atoms with E-state index in [1.165, 1.54) is 16.5 Å². The predicted molar refractivity (Wildman–Crippen MR) is 84.5 cm³/mol. The van der Waals surface area contributed by atoms with Crippen molar-refractivity contribution in [3.8, 4) is 0 Å². The van der Waals surface area contributed by atoms with E-state index >= 15 is 0 Å². The van der Waals surface area contributed by atoms with E-state index in [0.29, 0.717) is 0 Å². The Hall–Kier alpha value is -2.09. The van der Waals surface area contributed by atoms with Crippen molar-refractivity contribution in [3.05, 3.63) is 53.9 Å². The van der Waals surface area contributed by atoms with Crippen LogP contribution in [0.4, 0.5) is 0 Å². The molecule has 0 atom stereocenters. The highest BCUT2D eigenvalue weighted by Crippen LogP contribution is 2.24. The minimum atomic E-state index is 1.03. The van der Waals surface area contributed by atoms with Gasteiger partial charge in [-0.3, -0.25) is 4.99 Å². The quantitative estimate of drug-likeness (QED) is 0.748. The van der Waals surface area contributed by atoms with E-state index in [2.05, 4.69) is 48.1 Å². The maximum atomic E-state index is 4.47. The molecule has 2 nitrogen and oxygen atoms in total. The van der Waals surface area contributed by atoms with Gasteiger partial charge in [-0.25, -0.2) is 0 Å². The summed E-state index contributed by atoms with van der Waals surface area (Å²) in [5.41, 5.74) is 5.78. The fraction of sp³-hybridized carbons (Fsp3) is 0.235. The number of hydrogen-bond donors (Lipinski definition) is 1. The normalized spacial score (nSPS) is 12.3. The summed E-state index contributed by atoms with van der Waals surface area (Å²) in [6.45, 7) is 8.26. The zero-order chi connectivity index (χ0) is 13.8. The standard InChI is InChI=1S/C17H20N2/c1-5-10-18-13(4)17(12(2)3)16-11-14-8-6-7-9-15(14)19-16/h5-11,19H,1-4H3/b10-5-,18-13+. The van der Waals surface area contributed by atoms with E-state index in [1.54, 1.807) is 0 Å². The molecule has 0 aliphatic heterocycles. The zero-order valence-electron chi connectivity index (χ0n) is 12.0. The molecule has 0 radical (unpaired) electrons. The van der Waals surface area contributed by atoms with E-state index in [0.717, 1.165) is 16.9 Å². The van der Waals surface area contributed by atoms with Crippen LogP contribution < -0.4 is 0 Å². The number of aromatic nitrogens is 1. The van der Waals surface area contributed by atoms with Crippen LogP contribution in [-0.2, 0) is 0 Å². The number of allylic oxidation sites excluding steroid dienone is 3. The summed E-state index contributed by atoms with van der Waals surface area (Å²) < 4.78 is 0. The van der Waals surface area contributed by atoms with E-state index in [4.69, 9.17) is 0 Å². The van der Waals surface area contributed by atoms with Gasteiger partial charge in [0, 0.05) is 34.1 Å². The van der Waals surface area contributed by atoms with Gasteiger partial charge in [-0.05, 0) is 39.8 Å². The van der Waals surface area contributed by atoms with Crippen LogP contribution in [0.5, 0.6) is 0 Å². The number of nitrogens with zero attached hydrogens (tertiary/aromatic N) is 1. The number of hydrogen-bond acceptors (Lipinski definition) is 1. The van der Waals surface area contributed by atoms with Crippen molar-refractivity contribution in [3.63, 3.8) is 0 Å². The van der Waals surface area contributed by atoms with Gasteiger partial charge in [0.15, 0.2) is 0 Å². The molecule has 0 unspecified atom stereocenters. The van der Waals surface area contributed by atoms with Gasteiger partial charge in [0.25, 0.3) is 0 Å². The van der Waals surface area contributed by atoms with E-state index in [1.807, 2.05) is 32.2 Å². The molecule has 1 aromatic carbocycles. The van der Waals surface area contributed by atoms with Crippen LogP contribution in [0, 0.1) is 0 Å². The summed E-state index contributed by atoms with van der Waals surface area (Å²) >= 11 is 0. The number of H-pyrrole nitrogens is 1. The third-order valence-corrected chi connectivity index (χ3v) is 3.08. The second-order valence-electron chi connectivity index (χ2n) is 4.84. The van der Waals surface area contributed by atoms with E-state index in [-0.39, 0.29) is 0 Å². The Morgan fingerprint density at radius 3 is 2.53 bits per heavy atom. The Balaban J connectivity index is 2.54. The highest BCUT2D eigenvalue weighted by atomic mass is 14.7. The number of aromatic amines is 1. The number of rotatable bonds is 3. The van der Waals surface area contributed by atoms with Crippen LogP contribution >= 0.6 is 0 Å². The maximum Gasteiger partial charge on any atom is 0.0482 e. The van der Waals surface area contributed by atoms with Gasteiger partial charge in [-0.2, -0.15) is 0 Å². The monoisotopic (exact) mass is 252 g/mol. The molecule has 0 bridgehead atoms. The lowest BCUT2D eigenvalue weighted by molar-refractivity contribution is 1.34. The summed E-state index contributed by atoms with van der Waals surface area (Å²) in [5.74, 6) is 0. The van der Waals surface area contributed by atoms with Crippen LogP contribution in [0.25, 0.3) is 16.5 Å². The van der Waals surface area contributed by atoms with Crippen LogP contribution in [0.2, 0.25) is 0 Å². The van der Waals surface area contributed by atoms with Crippen molar-refractivity contribution in [2.45, 2.75) is 27.7 Å². The van der Waals surface area contributed by atoms with Gasteiger partial charge in [0.2, 0.25) is 0 Å². The molecule has 0 spiro atoms. The Kier molecular flexibility index (Phi) is 4.00. The highest BCUT2D eigenvalue weighted by Gasteiger charge is 2.10. The maximum absolute atomic E-state index is 4.47. The fourth-order valence-corrected chi connectivity index (χ4v) is 2.28. The van der Waals surface area contributed by atoms with Crippen molar-refractivity contribution in [2.75, 3.05) is 0 Å². The molecule has 2 heteroatoms. The first-order valence-corrected chi connectivity index (χ1v) is 6.55. The number of benzene rings is 1. The van der Waals surface area contributed by atoms with Gasteiger partial charge in [0.1, 0.15) is 0 Å². The molecule has 0 fully saturated rings. The Morgan fingerprint density at radius 2 is 1.89 bits per heavy atom. The third-order valence-electron chi connectivity index (χ3n) is 3.08. The van der Waals surface area contributed by atoms with Crippen molar-refractivity contribution in [1.82, 2.24) is 4.98 Å². The average molecular weight is 252 g/mol. The second kappa shape index (κ2) is 5.70. The lowest BCUT2D eigenvalue weighted by atomic mass is 10.0. The summed E-state index contributed by atoms with van der Waals surface area (Å²) in [7, 11) is 0. The molecule has 19 heavy (non-hydrogen) atoms. The van der Waals surface area contributed by atoms with Gasteiger partial charge in [0.05, 0.1) is 0 Å². The summed E-state index contributed by atoms with van der Waals surface area (Å²) in [6.07, 6.45) is 3.78. The lowest BCUT2D eigenvalue weighted by Gasteiger charge is -2.07. The molecule has 1 aromatic heterocycles. The topological polar surface area (TPSA) is 28.1 Å². The molecule has 0 saturated carbocycles. The Morgan fingerprint density at radius 1 is 1.16 bits per heavy atom. The number of fused-ring (bicyclic) bond motifs is 1. The summed E-state index contributed by atoms with van der Waals surface area (Å²) in [6, 6.07) is 10.5. The predicted octanol–water partition coefficient (Wildman–Crippen LogP) is 4.96. The molecular weight excluding hydrogens is 232 g/mol. The largest absolute Gasteiger partial charge is 0.354 e. The lowest BCUT2D eigenvalue weighted by Crippen LogP contribution is -1.99. The molecule has 2 rings (SSSR count). The zero-order valence-corrected chi connectivity index (χ0v) is 12.0. The van der Waals surface area contributed by atoms with Crippen LogP contribution in [0.1, 0.15) is 33.4 Å². The third kappa shape index (κ3) is 2.84. The smallest absolute Gasteiger partial charge is 0.0482 e. The van der Waals surface area contributed by atoms with Crippen LogP contribution in [0.3, 0.4) is 0 Å². The number of aliphatic imine (C=N–C) groups is 1. The van der Waals surface area contributed by atoms with Gasteiger partial charge in [-0.15, -0.1) is 0 Å². The molecule has 2 aromatic rings. The van der Waals surface area contributed by atoms with Crippen molar-refractivity contribution >= 4 is 22.2 Å². The SMILES string of the molecule is C/C=C\N=C(/C)C(=C(C)C)c1cc2ccccc2[nH]1. The van der Waals surface area contributed by atoms with Crippen LogP contribution in [-0.4, -0.2) is 10.7 Å². The minimum absolute atomic E-state index is 1.03. The Labute approximate surface area is 114 Å². The first-order chi connectivity index (χ1) is 9.13. The molecule has 1 heterocycles. The molecular formula is C17H20N2. The van der Waals surface area contributed by atoms with Crippen molar-refractivity contribution < 1.29 is 0 Å². The van der Waals surface area contributed by atoms with Crippen molar-refractivity contribution in [1.29, 1.82) is 0 Å². The molecule has 0 aliphatic carbocycles. The van der Waals surface area contributed by atoms with E-state index in [9.17, 15) is 0 Å². The molecule has 0 saturated heterocycles. The first kappa shape index (κ1) is 13.3. The molecule has 98 valence electrons. The van der Waals surface area contributed by atoms with E-state index < -0.39 is 0 Å². The second-order valence-corrected chi connectivity index (χ2v) is 4.84. The first-order valence-electron chi connectivity index (χ1n) is 6.55. The Bertz CT molecular complexity index is 632. The number of para-hydroxylation sites is 1. The minimum Gasteiger partial charge on any atom is -0.354 e. The molecule has 0 aliphatic rings. The highest BCUT2D eigenvalue weighted by molar-refractivity contribution is 6.23. The van der Waals surface area contributed by atoms with Gasteiger partial charge >= 0.3 is 0 Å². The summed E-state index contributed by atoms with van der Waals surface area (Å²) in [5, 5.41) is 1.23. The molecule has 0 amide bonds. The summed E-state index contributed by atoms with van der Waals surface area (Å²) in [4.78, 5) is 7.94. The van der Waals surface area contributed by atoms with Crippen LogP contribution in [0.15, 0.2) is 53.2 Å². The molecule has 1 N–H and O–H groups in total. The van der Waals surface area contributed by atoms with Gasteiger partial charge in [-0.1, -0.05) is 29.8 Å². The average Bonchev–Trinajstić information content (AvgIpc) is 2.79. The van der Waals surface area contributed by atoms with Crippen molar-refractivity contribution in [2.24, 2.45) is 4.99 Å². The fourth-order valence-electron chi connectivity index (χ4n) is 2.28.